The Kier molecular flexibility index (Phi) is 5.65. The monoisotopic (exact) mass is 438 g/mol. The van der Waals surface area contributed by atoms with Crippen molar-refractivity contribution in [2.75, 3.05) is 26.1 Å². The first-order valence-electron chi connectivity index (χ1n) is 9.77. The van der Waals surface area contributed by atoms with E-state index in [1.54, 1.807) is 25.3 Å². The summed E-state index contributed by atoms with van der Waals surface area (Å²) in [5.41, 5.74) is 2.46. The summed E-state index contributed by atoms with van der Waals surface area (Å²) in [5.74, 6) is 0.985. The van der Waals surface area contributed by atoms with Crippen LogP contribution in [-0.4, -0.2) is 36.7 Å². The molecule has 31 heavy (non-hydrogen) atoms. The maximum atomic E-state index is 13.4. The Hall–Kier alpha value is -3.39. The number of nitrogens with zero attached hydrogens (tertiary/aromatic N) is 3. The molecule has 2 heterocycles. The zero-order valence-corrected chi connectivity index (χ0v) is 18.5. The van der Waals surface area contributed by atoms with Crippen LogP contribution in [0.5, 0.6) is 5.75 Å². The van der Waals surface area contributed by atoms with Gasteiger partial charge in [0, 0.05) is 14.1 Å². The van der Waals surface area contributed by atoms with Gasteiger partial charge < -0.3 is 15.0 Å². The van der Waals surface area contributed by atoms with Crippen LogP contribution in [0.15, 0.2) is 54.6 Å². The SMILES string of the molecule is COc1cccc([C@H](C)NC(=O)c2cc3nc(N(C)C)n(-c4ccc(F)cc4)c3s2)c1. The van der Waals surface area contributed by atoms with Gasteiger partial charge in [-0.1, -0.05) is 12.1 Å². The molecule has 0 saturated heterocycles. The number of halogens is 1. The molecule has 0 unspecified atom stereocenters. The Labute approximate surface area is 183 Å². The topological polar surface area (TPSA) is 59.4 Å². The molecule has 0 spiro atoms. The van der Waals surface area contributed by atoms with Crippen LogP contribution >= 0.6 is 11.3 Å². The molecule has 160 valence electrons. The van der Waals surface area contributed by atoms with Crippen molar-refractivity contribution in [3.05, 3.63) is 70.9 Å². The van der Waals surface area contributed by atoms with Crippen molar-refractivity contribution in [3.63, 3.8) is 0 Å². The van der Waals surface area contributed by atoms with E-state index < -0.39 is 0 Å². The van der Waals surface area contributed by atoms with Crippen LogP contribution in [0.2, 0.25) is 0 Å². The highest BCUT2D eigenvalue weighted by atomic mass is 32.1. The van der Waals surface area contributed by atoms with E-state index in [0.29, 0.717) is 10.8 Å². The fourth-order valence-electron chi connectivity index (χ4n) is 3.36. The average Bonchev–Trinajstić information content (AvgIpc) is 3.33. The molecule has 0 radical (unpaired) electrons. The fourth-order valence-corrected chi connectivity index (χ4v) is 4.38. The molecule has 1 atom stereocenters. The molecular formula is C23H23FN4O2S. The molecule has 2 aromatic heterocycles. The van der Waals surface area contributed by atoms with Crippen molar-refractivity contribution < 1.29 is 13.9 Å². The van der Waals surface area contributed by atoms with Crippen LogP contribution in [0.4, 0.5) is 10.3 Å². The maximum absolute atomic E-state index is 13.4. The van der Waals surface area contributed by atoms with Crippen molar-refractivity contribution in [1.29, 1.82) is 0 Å². The van der Waals surface area contributed by atoms with Crippen LogP contribution in [0.25, 0.3) is 16.0 Å². The summed E-state index contributed by atoms with van der Waals surface area (Å²) in [6, 6.07) is 15.5. The Balaban J connectivity index is 1.66. The Morgan fingerprint density at radius 3 is 2.61 bits per heavy atom. The molecule has 4 aromatic rings. The summed E-state index contributed by atoms with van der Waals surface area (Å²) in [6.07, 6.45) is 0. The number of methoxy groups -OCH3 is 1. The van der Waals surface area contributed by atoms with E-state index in [-0.39, 0.29) is 17.8 Å². The number of carbonyl (C=O) groups excluding carboxylic acids is 1. The van der Waals surface area contributed by atoms with Gasteiger partial charge in [0.15, 0.2) is 0 Å². The summed E-state index contributed by atoms with van der Waals surface area (Å²) >= 11 is 1.36. The first-order chi connectivity index (χ1) is 14.9. The number of anilines is 1. The van der Waals surface area contributed by atoms with Gasteiger partial charge >= 0.3 is 0 Å². The van der Waals surface area contributed by atoms with Crippen LogP contribution in [0, 0.1) is 5.82 Å². The lowest BCUT2D eigenvalue weighted by Gasteiger charge is -2.15. The van der Waals surface area contributed by atoms with Gasteiger partial charge in [-0.3, -0.25) is 9.36 Å². The Bertz CT molecular complexity index is 1230. The lowest BCUT2D eigenvalue weighted by Crippen LogP contribution is -2.25. The van der Waals surface area contributed by atoms with Crippen molar-refractivity contribution in [2.24, 2.45) is 0 Å². The number of benzene rings is 2. The summed E-state index contributed by atoms with van der Waals surface area (Å²) in [7, 11) is 5.41. The smallest absolute Gasteiger partial charge is 0.261 e. The summed E-state index contributed by atoms with van der Waals surface area (Å²) in [6.45, 7) is 1.93. The predicted molar refractivity (Wildman–Crippen MR) is 122 cm³/mol. The van der Waals surface area contributed by atoms with Gasteiger partial charge in [-0.2, -0.15) is 0 Å². The first-order valence-corrected chi connectivity index (χ1v) is 10.6. The fraction of sp³-hybridized carbons (Fsp3) is 0.217. The molecular weight excluding hydrogens is 415 g/mol. The number of rotatable bonds is 6. The van der Waals surface area contributed by atoms with Gasteiger partial charge in [0.05, 0.1) is 23.7 Å². The zero-order valence-electron chi connectivity index (χ0n) is 17.7. The number of thiophene rings is 1. The average molecular weight is 439 g/mol. The number of aromatic nitrogens is 2. The van der Waals surface area contributed by atoms with Crippen molar-refractivity contribution in [2.45, 2.75) is 13.0 Å². The van der Waals surface area contributed by atoms with Crippen LogP contribution in [0.1, 0.15) is 28.2 Å². The van der Waals surface area contributed by atoms with Gasteiger partial charge in [0.1, 0.15) is 21.9 Å². The normalized spacial score (nSPS) is 12.0. The van der Waals surface area contributed by atoms with Crippen molar-refractivity contribution in [3.8, 4) is 11.4 Å². The third kappa shape index (κ3) is 4.11. The molecule has 0 saturated carbocycles. The molecule has 0 fully saturated rings. The minimum atomic E-state index is -0.302. The largest absolute Gasteiger partial charge is 0.497 e. The zero-order chi connectivity index (χ0) is 22.1. The van der Waals surface area contributed by atoms with Crippen LogP contribution in [0.3, 0.4) is 0 Å². The molecule has 0 aliphatic rings. The number of nitrogens with one attached hydrogen (secondary N) is 1. The van der Waals surface area contributed by atoms with E-state index in [9.17, 15) is 9.18 Å². The molecule has 2 aromatic carbocycles. The van der Waals surface area contributed by atoms with E-state index in [0.717, 1.165) is 27.3 Å². The van der Waals surface area contributed by atoms with E-state index in [1.165, 1.54) is 23.5 Å². The van der Waals surface area contributed by atoms with Gasteiger partial charge in [0.2, 0.25) is 5.95 Å². The van der Waals surface area contributed by atoms with Gasteiger partial charge in [0.25, 0.3) is 5.91 Å². The number of imidazole rings is 1. The van der Waals surface area contributed by atoms with Gasteiger partial charge in [-0.25, -0.2) is 9.37 Å². The first kappa shape index (κ1) is 20.9. The van der Waals surface area contributed by atoms with E-state index in [1.807, 2.05) is 54.8 Å². The summed E-state index contributed by atoms with van der Waals surface area (Å²) < 4.78 is 20.6. The molecule has 0 aliphatic heterocycles. The highest BCUT2D eigenvalue weighted by Crippen LogP contribution is 2.33. The molecule has 0 aliphatic carbocycles. The number of fused-ring (bicyclic) bond motifs is 1. The van der Waals surface area contributed by atoms with Crippen LogP contribution in [-0.2, 0) is 0 Å². The van der Waals surface area contributed by atoms with Crippen molar-refractivity contribution in [1.82, 2.24) is 14.9 Å². The summed E-state index contributed by atoms with van der Waals surface area (Å²) in [5, 5.41) is 3.04. The highest BCUT2D eigenvalue weighted by molar-refractivity contribution is 7.20. The van der Waals surface area contributed by atoms with E-state index >= 15 is 0 Å². The molecule has 8 heteroatoms. The van der Waals surface area contributed by atoms with Gasteiger partial charge in [-0.05, 0) is 55.0 Å². The second kappa shape index (κ2) is 8.39. The highest BCUT2D eigenvalue weighted by Gasteiger charge is 2.21. The Morgan fingerprint density at radius 2 is 1.94 bits per heavy atom. The second-order valence-corrected chi connectivity index (χ2v) is 8.42. The quantitative estimate of drug-likeness (QED) is 0.470. The summed E-state index contributed by atoms with van der Waals surface area (Å²) in [4.78, 5) is 20.9. The maximum Gasteiger partial charge on any atom is 0.261 e. The number of ether oxygens (including phenoxy) is 1. The lowest BCUT2D eigenvalue weighted by atomic mass is 10.1. The molecule has 4 rings (SSSR count). The number of hydrogen-bond donors (Lipinski definition) is 1. The lowest BCUT2D eigenvalue weighted by molar-refractivity contribution is 0.0944. The molecule has 0 bridgehead atoms. The second-order valence-electron chi connectivity index (χ2n) is 7.39. The van der Waals surface area contributed by atoms with Gasteiger partial charge in [-0.15, -0.1) is 11.3 Å². The standard InChI is InChI=1S/C23H23FN4O2S/c1-14(15-6-5-7-18(12-15)30-4)25-21(29)20-13-19-22(31-20)28(23(26-19)27(2)3)17-10-8-16(24)9-11-17/h5-14H,1-4H3,(H,25,29)/t14-/m0/s1. The molecule has 1 amide bonds. The minimum Gasteiger partial charge on any atom is -0.497 e. The third-order valence-electron chi connectivity index (χ3n) is 4.97. The third-order valence-corrected chi connectivity index (χ3v) is 6.08. The van der Waals surface area contributed by atoms with Crippen LogP contribution < -0.4 is 15.0 Å². The number of hydrogen-bond acceptors (Lipinski definition) is 5. The Morgan fingerprint density at radius 1 is 1.19 bits per heavy atom. The number of amides is 1. The number of carbonyl (C=O) groups is 1. The van der Waals surface area contributed by atoms with E-state index in [4.69, 9.17) is 4.74 Å². The molecule has 1 N–H and O–H groups in total. The van der Waals surface area contributed by atoms with E-state index in [2.05, 4.69) is 10.3 Å². The predicted octanol–water partition coefficient (Wildman–Crippen LogP) is 4.79. The molecule has 6 nitrogen and oxygen atoms in total. The minimum absolute atomic E-state index is 0.171. The van der Waals surface area contributed by atoms with Crippen molar-refractivity contribution >= 4 is 33.5 Å².